The lowest BCUT2D eigenvalue weighted by atomic mass is 10.1. The number of nitrogens with zero attached hydrogens (tertiary/aromatic N) is 1. The first-order valence-electron chi connectivity index (χ1n) is 6.61. The molecule has 3 heteroatoms. The summed E-state index contributed by atoms with van der Waals surface area (Å²) in [7, 11) is 0. The van der Waals surface area contributed by atoms with E-state index in [1.54, 1.807) is 0 Å². The molecule has 2 atom stereocenters. The van der Waals surface area contributed by atoms with Crippen LogP contribution in [0.2, 0.25) is 0 Å². The van der Waals surface area contributed by atoms with E-state index < -0.39 is 0 Å². The zero-order chi connectivity index (χ0) is 12.5. The lowest BCUT2D eigenvalue weighted by molar-refractivity contribution is 0.465. The van der Waals surface area contributed by atoms with Gasteiger partial charge in [0.15, 0.2) is 0 Å². The summed E-state index contributed by atoms with van der Waals surface area (Å²) >= 11 is 1.97. The molecule has 17 heavy (non-hydrogen) atoms. The molecule has 1 aromatic heterocycles. The van der Waals surface area contributed by atoms with Crippen LogP contribution >= 0.6 is 11.8 Å². The number of thioether (sulfide) groups is 1. The maximum Gasteiger partial charge on any atom is 0.0278 e. The monoisotopic (exact) mass is 252 g/mol. The van der Waals surface area contributed by atoms with Gasteiger partial charge in [-0.3, -0.25) is 4.98 Å². The molecule has 2 unspecified atom stereocenters. The SMILES string of the molecule is CCCC(NCC)C(CC)Sc1ccncc1. The Morgan fingerprint density at radius 2 is 1.94 bits per heavy atom. The van der Waals surface area contributed by atoms with Crippen LogP contribution in [0.4, 0.5) is 0 Å². The molecule has 1 heterocycles. The minimum atomic E-state index is 0.619. The predicted octanol–water partition coefficient (Wildman–Crippen LogP) is 3.73. The van der Waals surface area contributed by atoms with Gasteiger partial charge >= 0.3 is 0 Å². The maximum absolute atomic E-state index is 4.07. The third-order valence-electron chi connectivity index (χ3n) is 2.85. The van der Waals surface area contributed by atoms with Crippen LogP contribution in [0.1, 0.15) is 40.0 Å². The van der Waals surface area contributed by atoms with Gasteiger partial charge < -0.3 is 5.32 Å². The quantitative estimate of drug-likeness (QED) is 0.714. The molecule has 0 saturated heterocycles. The summed E-state index contributed by atoms with van der Waals surface area (Å²) in [4.78, 5) is 5.39. The highest BCUT2D eigenvalue weighted by molar-refractivity contribution is 8.00. The third kappa shape index (κ3) is 5.09. The zero-order valence-corrected chi connectivity index (χ0v) is 12.0. The molecular weight excluding hydrogens is 228 g/mol. The third-order valence-corrected chi connectivity index (χ3v) is 4.36. The molecule has 2 nitrogen and oxygen atoms in total. The number of hydrogen-bond acceptors (Lipinski definition) is 3. The van der Waals surface area contributed by atoms with Gasteiger partial charge in [-0.2, -0.15) is 0 Å². The van der Waals surface area contributed by atoms with Crippen LogP contribution in [0.5, 0.6) is 0 Å². The number of pyridine rings is 1. The minimum absolute atomic E-state index is 0.619. The molecule has 0 fully saturated rings. The molecule has 0 aliphatic carbocycles. The smallest absolute Gasteiger partial charge is 0.0278 e. The van der Waals surface area contributed by atoms with Gasteiger partial charge in [0.2, 0.25) is 0 Å². The molecule has 0 aliphatic rings. The number of nitrogens with one attached hydrogen (secondary N) is 1. The second-order valence-electron chi connectivity index (χ2n) is 4.20. The fourth-order valence-electron chi connectivity index (χ4n) is 2.03. The van der Waals surface area contributed by atoms with Crippen LogP contribution in [-0.4, -0.2) is 22.8 Å². The highest BCUT2D eigenvalue weighted by Crippen LogP contribution is 2.28. The molecule has 0 bridgehead atoms. The molecule has 0 aromatic carbocycles. The summed E-state index contributed by atoms with van der Waals surface area (Å²) in [5.41, 5.74) is 0. The Bertz CT molecular complexity index is 284. The first-order valence-corrected chi connectivity index (χ1v) is 7.49. The van der Waals surface area contributed by atoms with E-state index in [0.717, 1.165) is 6.54 Å². The van der Waals surface area contributed by atoms with Gasteiger partial charge in [0.25, 0.3) is 0 Å². The van der Waals surface area contributed by atoms with Crippen molar-refractivity contribution in [2.75, 3.05) is 6.54 Å². The molecule has 1 aromatic rings. The predicted molar refractivity (Wildman–Crippen MR) is 76.5 cm³/mol. The van der Waals surface area contributed by atoms with Crippen LogP contribution in [-0.2, 0) is 0 Å². The van der Waals surface area contributed by atoms with Crippen LogP contribution in [0.3, 0.4) is 0 Å². The van der Waals surface area contributed by atoms with Crippen molar-refractivity contribution in [2.24, 2.45) is 0 Å². The second kappa shape index (κ2) is 8.54. The molecule has 0 amide bonds. The topological polar surface area (TPSA) is 24.9 Å². The van der Waals surface area contributed by atoms with Gasteiger partial charge in [-0.25, -0.2) is 0 Å². The van der Waals surface area contributed by atoms with Crippen molar-refractivity contribution in [1.29, 1.82) is 0 Å². The molecule has 0 radical (unpaired) electrons. The van der Waals surface area contributed by atoms with Gasteiger partial charge in [-0.05, 0) is 31.5 Å². The Labute approximate surface area is 110 Å². The Morgan fingerprint density at radius 3 is 2.47 bits per heavy atom. The highest BCUT2D eigenvalue weighted by Gasteiger charge is 2.19. The van der Waals surface area contributed by atoms with E-state index in [1.165, 1.54) is 24.2 Å². The maximum atomic E-state index is 4.07. The fourth-order valence-corrected chi connectivity index (χ4v) is 3.23. The molecular formula is C14H24N2S. The molecule has 96 valence electrons. The van der Waals surface area contributed by atoms with E-state index >= 15 is 0 Å². The number of rotatable bonds is 8. The van der Waals surface area contributed by atoms with Crippen molar-refractivity contribution in [2.45, 2.75) is 56.2 Å². The Kier molecular flexibility index (Phi) is 7.29. The summed E-state index contributed by atoms with van der Waals surface area (Å²) in [6.07, 6.45) is 7.44. The van der Waals surface area contributed by atoms with Gasteiger partial charge in [0, 0.05) is 28.6 Å². The van der Waals surface area contributed by atoms with Gasteiger partial charge in [0.1, 0.15) is 0 Å². The van der Waals surface area contributed by atoms with E-state index in [2.05, 4.69) is 43.2 Å². The molecule has 1 rings (SSSR count). The van der Waals surface area contributed by atoms with Crippen LogP contribution in [0.25, 0.3) is 0 Å². The van der Waals surface area contributed by atoms with E-state index in [0.29, 0.717) is 11.3 Å². The van der Waals surface area contributed by atoms with Crippen molar-refractivity contribution in [3.05, 3.63) is 24.5 Å². The van der Waals surface area contributed by atoms with Gasteiger partial charge in [-0.1, -0.05) is 27.2 Å². The average Bonchev–Trinajstić information content (AvgIpc) is 2.37. The lowest BCUT2D eigenvalue weighted by Gasteiger charge is -2.26. The van der Waals surface area contributed by atoms with Gasteiger partial charge in [0.05, 0.1) is 0 Å². The minimum Gasteiger partial charge on any atom is -0.313 e. The first-order chi connectivity index (χ1) is 8.31. The van der Waals surface area contributed by atoms with E-state index in [-0.39, 0.29) is 0 Å². The normalized spacial score (nSPS) is 14.5. The first kappa shape index (κ1) is 14.5. The highest BCUT2D eigenvalue weighted by atomic mass is 32.2. The van der Waals surface area contributed by atoms with E-state index in [1.807, 2.05) is 24.2 Å². The molecule has 0 spiro atoms. The number of aromatic nitrogens is 1. The van der Waals surface area contributed by atoms with Crippen molar-refractivity contribution in [3.63, 3.8) is 0 Å². The molecule has 1 N–H and O–H groups in total. The van der Waals surface area contributed by atoms with Crippen molar-refractivity contribution in [1.82, 2.24) is 10.3 Å². The summed E-state index contributed by atoms with van der Waals surface area (Å²) < 4.78 is 0. The van der Waals surface area contributed by atoms with Gasteiger partial charge in [-0.15, -0.1) is 11.8 Å². The van der Waals surface area contributed by atoms with Crippen LogP contribution in [0, 0.1) is 0 Å². The van der Waals surface area contributed by atoms with E-state index in [4.69, 9.17) is 0 Å². The number of hydrogen-bond donors (Lipinski definition) is 1. The average molecular weight is 252 g/mol. The Morgan fingerprint density at radius 1 is 1.24 bits per heavy atom. The largest absolute Gasteiger partial charge is 0.313 e. The van der Waals surface area contributed by atoms with Crippen LogP contribution in [0.15, 0.2) is 29.4 Å². The van der Waals surface area contributed by atoms with Crippen molar-refractivity contribution in [3.8, 4) is 0 Å². The van der Waals surface area contributed by atoms with Crippen molar-refractivity contribution < 1.29 is 0 Å². The molecule has 0 aliphatic heterocycles. The zero-order valence-electron chi connectivity index (χ0n) is 11.1. The van der Waals surface area contributed by atoms with E-state index in [9.17, 15) is 0 Å². The van der Waals surface area contributed by atoms with Crippen LogP contribution < -0.4 is 5.32 Å². The fraction of sp³-hybridized carbons (Fsp3) is 0.643. The summed E-state index contributed by atoms with van der Waals surface area (Å²) in [5, 5.41) is 4.27. The standard InChI is InChI=1S/C14H24N2S/c1-4-7-13(16-6-3)14(5-2)17-12-8-10-15-11-9-12/h8-11,13-14,16H,4-7H2,1-3H3. The summed E-state index contributed by atoms with van der Waals surface area (Å²) in [6.45, 7) is 7.78. The summed E-state index contributed by atoms with van der Waals surface area (Å²) in [5.74, 6) is 0. The molecule has 0 saturated carbocycles. The second-order valence-corrected chi connectivity index (χ2v) is 5.51. The Balaban J connectivity index is 2.61. The Hall–Kier alpha value is -0.540. The lowest BCUT2D eigenvalue weighted by Crippen LogP contribution is -2.37. The van der Waals surface area contributed by atoms with Crippen molar-refractivity contribution >= 4 is 11.8 Å². The summed E-state index contributed by atoms with van der Waals surface area (Å²) in [6, 6.07) is 4.82.